The van der Waals surface area contributed by atoms with Crippen molar-refractivity contribution in [3.05, 3.63) is 30.3 Å². The fourth-order valence-corrected chi connectivity index (χ4v) is 2.69. The molecule has 6 nitrogen and oxygen atoms in total. The van der Waals surface area contributed by atoms with Crippen molar-refractivity contribution in [3.8, 4) is 11.4 Å². The van der Waals surface area contributed by atoms with Crippen molar-refractivity contribution in [1.29, 1.82) is 0 Å². The van der Waals surface area contributed by atoms with Crippen LogP contribution in [0.5, 0.6) is 0 Å². The van der Waals surface area contributed by atoms with Crippen LogP contribution in [0.1, 0.15) is 26.2 Å². The normalized spacial score (nSPS) is 18.7. The van der Waals surface area contributed by atoms with Crippen LogP contribution < -0.4 is 0 Å². The molecule has 1 saturated heterocycles. The molecule has 1 aromatic carbocycles. The van der Waals surface area contributed by atoms with Gasteiger partial charge in [0, 0.05) is 18.2 Å². The maximum absolute atomic E-state index is 12.3. The summed E-state index contributed by atoms with van der Waals surface area (Å²) >= 11 is 0. The topological polar surface area (TPSA) is 63.9 Å². The quantitative estimate of drug-likeness (QED) is 0.861. The van der Waals surface area contributed by atoms with Crippen LogP contribution in [0.15, 0.2) is 30.3 Å². The lowest BCUT2D eigenvalue weighted by atomic mass is 10.0. The van der Waals surface area contributed by atoms with E-state index in [4.69, 9.17) is 0 Å². The first-order valence-corrected chi connectivity index (χ1v) is 7.37. The summed E-state index contributed by atoms with van der Waals surface area (Å²) in [5.41, 5.74) is 0.905. The minimum atomic E-state index is 0.0687. The molecule has 0 bridgehead atoms. The van der Waals surface area contributed by atoms with E-state index in [0.717, 1.165) is 24.9 Å². The van der Waals surface area contributed by atoms with Gasteiger partial charge in [-0.05, 0) is 31.4 Å². The van der Waals surface area contributed by atoms with Crippen LogP contribution in [0.2, 0.25) is 0 Å². The molecule has 1 fully saturated rings. The average Bonchev–Trinajstić information content (AvgIpc) is 2.97. The summed E-state index contributed by atoms with van der Waals surface area (Å²) < 4.78 is 0. The third kappa shape index (κ3) is 3.09. The molecule has 110 valence electrons. The maximum Gasteiger partial charge on any atom is 0.246 e. The highest BCUT2D eigenvalue weighted by atomic mass is 16.2. The number of benzene rings is 1. The van der Waals surface area contributed by atoms with Crippen LogP contribution in [-0.4, -0.2) is 43.6 Å². The van der Waals surface area contributed by atoms with Crippen LogP contribution in [0, 0.1) is 0 Å². The molecule has 3 rings (SSSR count). The summed E-state index contributed by atoms with van der Waals surface area (Å²) in [4.78, 5) is 15.6. The number of piperidine rings is 1. The van der Waals surface area contributed by atoms with E-state index < -0.39 is 0 Å². The van der Waals surface area contributed by atoms with E-state index in [1.165, 1.54) is 11.2 Å². The highest BCUT2D eigenvalue weighted by molar-refractivity contribution is 5.76. The van der Waals surface area contributed by atoms with Gasteiger partial charge in [0.1, 0.15) is 6.54 Å². The Balaban J connectivity index is 1.68. The Kier molecular flexibility index (Phi) is 3.94. The van der Waals surface area contributed by atoms with Gasteiger partial charge in [-0.2, -0.15) is 4.80 Å². The second kappa shape index (κ2) is 6.03. The van der Waals surface area contributed by atoms with Gasteiger partial charge in [0.15, 0.2) is 0 Å². The summed E-state index contributed by atoms with van der Waals surface area (Å²) in [6.07, 6.45) is 3.35. The number of tetrazole rings is 1. The number of amides is 1. The standard InChI is InChI=1S/C15H19N5O/c1-12-7-5-6-10-19(12)14(21)11-20-17-15(16-18-20)13-8-3-2-4-9-13/h2-4,8-9,12H,5-7,10-11H2,1H3. The van der Waals surface area contributed by atoms with E-state index >= 15 is 0 Å². The average molecular weight is 285 g/mol. The predicted molar refractivity (Wildman–Crippen MR) is 78.3 cm³/mol. The fraction of sp³-hybridized carbons (Fsp3) is 0.467. The molecule has 1 unspecified atom stereocenters. The Hall–Kier alpha value is -2.24. The summed E-state index contributed by atoms with van der Waals surface area (Å²) in [6, 6.07) is 9.96. The van der Waals surface area contributed by atoms with Gasteiger partial charge in [-0.1, -0.05) is 30.3 Å². The molecule has 0 radical (unpaired) electrons. The summed E-state index contributed by atoms with van der Waals surface area (Å²) in [7, 11) is 0. The Bertz CT molecular complexity index is 610. The van der Waals surface area contributed by atoms with E-state index in [2.05, 4.69) is 22.3 Å². The molecular formula is C15H19N5O. The van der Waals surface area contributed by atoms with Crippen LogP contribution in [0.3, 0.4) is 0 Å². The number of carbonyl (C=O) groups is 1. The van der Waals surface area contributed by atoms with Gasteiger partial charge in [-0.15, -0.1) is 10.2 Å². The summed E-state index contributed by atoms with van der Waals surface area (Å²) in [5.74, 6) is 0.620. The van der Waals surface area contributed by atoms with Crippen LogP contribution in [0.4, 0.5) is 0 Å². The number of hydrogen-bond acceptors (Lipinski definition) is 4. The zero-order valence-electron chi connectivity index (χ0n) is 12.1. The van der Waals surface area contributed by atoms with Gasteiger partial charge >= 0.3 is 0 Å². The lowest BCUT2D eigenvalue weighted by Gasteiger charge is -2.33. The van der Waals surface area contributed by atoms with Crippen molar-refractivity contribution in [1.82, 2.24) is 25.1 Å². The van der Waals surface area contributed by atoms with E-state index in [0.29, 0.717) is 11.9 Å². The highest BCUT2D eigenvalue weighted by Crippen LogP contribution is 2.17. The van der Waals surface area contributed by atoms with Gasteiger partial charge in [-0.3, -0.25) is 4.79 Å². The van der Waals surface area contributed by atoms with E-state index in [1.54, 1.807) is 0 Å². The van der Waals surface area contributed by atoms with E-state index in [9.17, 15) is 4.79 Å². The first kappa shape index (κ1) is 13.7. The van der Waals surface area contributed by atoms with Crippen LogP contribution in [-0.2, 0) is 11.3 Å². The van der Waals surface area contributed by atoms with E-state index in [-0.39, 0.29) is 12.5 Å². The first-order chi connectivity index (χ1) is 10.2. The van der Waals surface area contributed by atoms with Crippen molar-refractivity contribution in [2.24, 2.45) is 0 Å². The Labute approximate surface area is 123 Å². The lowest BCUT2D eigenvalue weighted by Crippen LogP contribution is -2.43. The maximum atomic E-state index is 12.3. The van der Waals surface area contributed by atoms with Crippen molar-refractivity contribution in [3.63, 3.8) is 0 Å². The smallest absolute Gasteiger partial charge is 0.246 e. The number of nitrogens with zero attached hydrogens (tertiary/aromatic N) is 5. The Morgan fingerprint density at radius 3 is 2.86 bits per heavy atom. The predicted octanol–water partition coefficient (Wildman–Crippen LogP) is 1.74. The lowest BCUT2D eigenvalue weighted by molar-refractivity contribution is -0.135. The molecule has 1 aliphatic rings. The van der Waals surface area contributed by atoms with Crippen molar-refractivity contribution in [2.75, 3.05) is 6.54 Å². The zero-order chi connectivity index (χ0) is 14.7. The molecule has 21 heavy (non-hydrogen) atoms. The first-order valence-electron chi connectivity index (χ1n) is 7.37. The van der Waals surface area contributed by atoms with Gasteiger partial charge in [0.2, 0.25) is 11.7 Å². The fourth-order valence-electron chi connectivity index (χ4n) is 2.69. The SMILES string of the molecule is CC1CCCCN1C(=O)Cn1nnc(-c2ccccc2)n1. The molecule has 0 saturated carbocycles. The number of likely N-dealkylation sites (tertiary alicyclic amines) is 1. The largest absolute Gasteiger partial charge is 0.338 e. The molecule has 0 N–H and O–H groups in total. The van der Waals surface area contributed by atoms with Crippen LogP contribution >= 0.6 is 0 Å². The van der Waals surface area contributed by atoms with Crippen molar-refractivity contribution in [2.45, 2.75) is 38.8 Å². The molecule has 1 aliphatic heterocycles. The second-order valence-corrected chi connectivity index (χ2v) is 5.44. The summed E-state index contributed by atoms with van der Waals surface area (Å²) in [5, 5.41) is 12.3. The van der Waals surface area contributed by atoms with Crippen molar-refractivity contribution < 1.29 is 4.79 Å². The second-order valence-electron chi connectivity index (χ2n) is 5.44. The zero-order valence-corrected chi connectivity index (χ0v) is 12.1. The van der Waals surface area contributed by atoms with Gasteiger partial charge in [0.25, 0.3) is 0 Å². The van der Waals surface area contributed by atoms with Gasteiger partial charge in [-0.25, -0.2) is 0 Å². The molecule has 1 aromatic heterocycles. The number of rotatable bonds is 3. The van der Waals surface area contributed by atoms with Gasteiger partial charge < -0.3 is 4.90 Å². The minimum Gasteiger partial charge on any atom is -0.338 e. The molecule has 1 amide bonds. The molecule has 0 spiro atoms. The molecule has 0 aliphatic carbocycles. The number of carbonyl (C=O) groups excluding carboxylic acids is 1. The van der Waals surface area contributed by atoms with E-state index in [1.807, 2.05) is 35.2 Å². The monoisotopic (exact) mass is 285 g/mol. The Morgan fingerprint density at radius 1 is 1.29 bits per heavy atom. The Morgan fingerprint density at radius 2 is 2.10 bits per heavy atom. The number of hydrogen-bond donors (Lipinski definition) is 0. The third-order valence-electron chi connectivity index (χ3n) is 3.88. The number of aromatic nitrogens is 4. The van der Waals surface area contributed by atoms with Crippen LogP contribution in [0.25, 0.3) is 11.4 Å². The molecule has 2 aromatic rings. The molecule has 1 atom stereocenters. The summed E-state index contributed by atoms with van der Waals surface area (Å²) in [6.45, 7) is 3.09. The molecule has 2 heterocycles. The molecular weight excluding hydrogens is 266 g/mol. The molecule has 6 heteroatoms. The van der Waals surface area contributed by atoms with Crippen molar-refractivity contribution >= 4 is 5.91 Å². The van der Waals surface area contributed by atoms with Gasteiger partial charge in [0.05, 0.1) is 0 Å². The third-order valence-corrected chi connectivity index (χ3v) is 3.88. The highest BCUT2D eigenvalue weighted by Gasteiger charge is 2.23. The minimum absolute atomic E-state index is 0.0687.